The van der Waals surface area contributed by atoms with Gasteiger partial charge in [-0.05, 0) is 38.5 Å². The summed E-state index contributed by atoms with van der Waals surface area (Å²) in [6.07, 6.45) is 14.3. The van der Waals surface area contributed by atoms with Crippen LogP contribution >= 0.6 is 11.8 Å². The molecule has 6 nitrogen and oxygen atoms in total. The number of rotatable bonds is 6. The van der Waals surface area contributed by atoms with Gasteiger partial charge in [-0.3, -0.25) is 9.59 Å². The van der Waals surface area contributed by atoms with Crippen molar-refractivity contribution in [1.29, 1.82) is 0 Å². The van der Waals surface area contributed by atoms with E-state index in [1.807, 2.05) is 11.8 Å². The molecule has 2 N–H and O–H groups in total. The molecule has 2 fully saturated rings. The van der Waals surface area contributed by atoms with Crippen LogP contribution in [0.25, 0.3) is 0 Å². The lowest BCUT2D eigenvalue weighted by Gasteiger charge is -2.20. The molecule has 2 unspecified atom stereocenters. The van der Waals surface area contributed by atoms with Crippen LogP contribution in [0.1, 0.15) is 80.4 Å². The fraction of sp³-hybridized carbons (Fsp3) is 0.714. The molecule has 1 heterocycles. The zero-order chi connectivity index (χ0) is 19.8. The average molecular weight is 405 g/mol. The van der Waals surface area contributed by atoms with Crippen molar-refractivity contribution in [3.05, 3.63) is 23.8 Å². The van der Waals surface area contributed by atoms with E-state index in [1.54, 1.807) is 19.4 Å². The molecule has 0 spiro atoms. The third-order valence-corrected chi connectivity index (χ3v) is 7.26. The molecule has 0 bridgehead atoms. The maximum absolute atomic E-state index is 12.5. The van der Waals surface area contributed by atoms with Gasteiger partial charge in [-0.1, -0.05) is 25.7 Å². The molecule has 2 saturated carbocycles. The van der Waals surface area contributed by atoms with Crippen molar-refractivity contribution in [2.75, 3.05) is 7.05 Å². The predicted molar refractivity (Wildman–Crippen MR) is 112 cm³/mol. The van der Waals surface area contributed by atoms with Crippen molar-refractivity contribution in [2.24, 2.45) is 5.92 Å². The van der Waals surface area contributed by atoms with Gasteiger partial charge in [-0.25, -0.2) is 9.97 Å². The molecule has 28 heavy (non-hydrogen) atoms. The SMILES string of the molecule is CNC(=O)C1CCCC(NC(=O)c2cnc(CSC3CCCCC3)nc2)CC1. The normalized spacial score (nSPS) is 23.6. The Balaban J connectivity index is 1.45. The molecule has 7 heteroatoms. The van der Waals surface area contributed by atoms with Gasteiger partial charge >= 0.3 is 0 Å². The predicted octanol–water partition coefficient (Wildman–Crippen LogP) is 3.47. The molecule has 2 amide bonds. The van der Waals surface area contributed by atoms with E-state index < -0.39 is 0 Å². The minimum absolute atomic E-state index is 0.0659. The Bertz CT molecular complexity index is 646. The number of hydrogen-bond donors (Lipinski definition) is 2. The van der Waals surface area contributed by atoms with Gasteiger partial charge in [0.1, 0.15) is 5.82 Å². The van der Waals surface area contributed by atoms with Crippen LogP contribution in [-0.2, 0) is 10.5 Å². The molecule has 1 aromatic rings. The summed E-state index contributed by atoms with van der Waals surface area (Å²) >= 11 is 1.94. The highest BCUT2D eigenvalue weighted by atomic mass is 32.2. The second kappa shape index (κ2) is 10.8. The standard InChI is InChI=1S/C21H32N4O2S/c1-22-20(26)15-6-5-7-17(11-10-15)25-21(27)16-12-23-19(24-13-16)14-28-18-8-3-2-4-9-18/h12-13,15,17-18H,2-11,14H2,1H3,(H,22,26)(H,25,27). The van der Waals surface area contributed by atoms with Crippen LogP contribution in [0, 0.1) is 5.92 Å². The van der Waals surface area contributed by atoms with Crippen molar-refractivity contribution >= 4 is 23.6 Å². The lowest BCUT2D eigenvalue weighted by molar-refractivity contribution is -0.124. The maximum atomic E-state index is 12.5. The first kappa shape index (κ1) is 21.1. The Hall–Kier alpha value is -1.63. The van der Waals surface area contributed by atoms with Gasteiger partial charge in [0.15, 0.2) is 0 Å². The maximum Gasteiger partial charge on any atom is 0.254 e. The number of carbonyl (C=O) groups is 2. The highest BCUT2D eigenvalue weighted by Crippen LogP contribution is 2.29. The Morgan fingerprint density at radius 2 is 1.75 bits per heavy atom. The summed E-state index contributed by atoms with van der Waals surface area (Å²) in [4.78, 5) is 33.2. The van der Waals surface area contributed by atoms with Crippen LogP contribution in [0.4, 0.5) is 0 Å². The van der Waals surface area contributed by atoms with Gasteiger partial charge < -0.3 is 10.6 Å². The zero-order valence-corrected chi connectivity index (χ0v) is 17.6. The molecule has 154 valence electrons. The lowest BCUT2D eigenvalue weighted by Crippen LogP contribution is -2.35. The summed E-state index contributed by atoms with van der Waals surface area (Å²) in [5, 5.41) is 6.57. The third-order valence-electron chi connectivity index (χ3n) is 5.89. The summed E-state index contributed by atoms with van der Waals surface area (Å²) in [6.45, 7) is 0. The fourth-order valence-corrected chi connectivity index (χ4v) is 5.35. The van der Waals surface area contributed by atoms with E-state index in [-0.39, 0.29) is 23.8 Å². The molecule has 2 aliphatic carbocycles. The fourth-order valence-electron chi connectivity index (χ4n) is 4.15. The van der Waals surface area contributed by atoms with E-state index in [4.69, 9.17) is 0 Å². The summed E-state index contributed by atoms with van der Waals surface area (Å²) in [5.74, 6) is 1.68. The van der Waals surface area contributed by atoms with E-state index in [2.05, 4.69) is 20.6 Å². The number of hydrogen-bond acceptors (Lipinski definition) is 5. The molecule has 0 radical (unpaired) electrons. The number of nitrogens with zero attached hydrogens (tertiary/aromatic N) is 2. The lowest BCUT2D eigenvalue weighted by atomic mass is 9.99. The van der Waals surface area contributed by atoms with Crippen LogP contribution in [0.15, 0.2) is 12.4 Å². The molecule has 0 saturated heterocycles. The quantitative estimate of drug-likeness (QED) is 0.709. The topological polar surface area (TPSA) is 84.0 Å². The van der Waals surface area contributed by atoms with E-state index in [9.17, 15) is 9.59 Å². The minimum atomic E-state index is -0.116. The zero-order valence-electron chi connectivity index (χ0n) is 16.8. The highest BCUT2D eigenvalue weighted by molar-refractivity contribution is 7.99. The molecule has 3 rings (SSSR count). The van der Waals surface area contributed by atoms with Crippen LogP contribution in [0.5, 0.6) is 0 Å². The van der Waals surface area contributed by atoms with Gasteiger partial charge in [-0.15, -0.1) is 0 Å². The largest absolute Gasteiger partial charge is 0.359 e. The van der Waals surface area contributed by atoms with Crippen molar-refractivity contribution in [3.63, 3.8) is 0 Å². The van der Waals surface area contributed by atoms with E-state index >= 15 is 0 Å². The van der Waals surface area contributed by atoms with Crippen molar-refractivity contribution < 1.29 is 9.59 Å². The van der Waals surface area contributed by atoms with E-state index in [0.29, 0.717) is 5.56 Å². The smallest absolute Gasteiger partial charge is 0.254 e. The van der Waals surface area contributed by atoms with Gasteiger partial charge in [0.05, 0.1) is 11.3 Å². The van der Waals surface area contributed by atoms with Gasteiger partial charge in [-0.2, -0.15) is 11.8 Å². The van der Waals surface area contributed by atoms with Crippen molar-refractivity contribution in [2.45, 2.75) is 81.3 Å². The summed E-state index contributed by atoms with van der Waals surface area (Å²) in [5.41, 5.74) is 0.513. The van der Waals surface area contributed by atoms with Crippen LogP contribution in [0.3, 0.4) is 0 Å². The van der Waals surface area contributed by atoms with E-state index in [1.165, 1.54) is 32.1 Å². The molecule has 0 aromatic carbocycles. The number of aromatic nitrogens is 2. The second-order valence-electron chi connectivity index (χ2n) is 7.95. The highest BCUT2D eigenvalue weighted by Gasteiger charge is 2.24. The van der Waals surface area contributed by atoms with Crippen molar-refractivity contribution in [3.8, 4) is 0 Å². The molecule has 0 aliphatic heterocycles. The summed E-state index contributed by atoms with van der Waals surface area (Å²) in [6, 6.07) is 0.115. The van der Waals surface area contributed by atoms with Crippen molar-refractivity contribution in [1.82, 2.24) is 20.6 Å². The van der Waals surface area contributed by atoms with Gasteiger partial charge in [0.2, 0.25) is 5.91 Å². The number of nitrogens with one attached hydrogen (secondary N) is 2. The molecule has 2 atom stereocenters. The van der Waals surface area contributed by atoms with E-state index in [0.717, 1.165) is 48.9 Å². The molecule has 1 aromatic heterocycles. The number of thioether (sulfide) groups is 1. The van der Waals surface area contributed by atoms with Crippen LogP contribution in [-0.4, -0.2) is 40.1 Å². The Morgan fingerprint density at radius 3 is 2.46 bits per heavy atom. The Kier molecular flexibility index (Phi) is 8.13. The molecular formula is C21H32N4O2S. The first-order valence-electron chi connectivity index (χ1n) is 10.6. The average Bonchev–Trinajstić information content (AvgIpc) is 2.98. The van der Waals surface area contributed by atoms with Gasteiger partial charge in [0.25, 0.3) is 5.91 Å². The van der Waals surface area contributed by atoms with Gasteiger partial charge in [0, 0.05) is 36.7 Å². The molecule has 2 aliphatic rings. The first-order chi connectivity index (χ1) is 13.7. The Morgan fingerprint density at radius 1 is 1.00 bits per heavy atom. The number of amides is 2. The minimum Gasteiger partial charge on any atom is -0.359 e. The van der Waals surface area contributed by atoms with Crippen LogP contribution in [0.2, 0.25) is 0 Å². The number of carbonyl (C=O) groups excluding carboxylic acids is 2. The third kappa shape index (κ3) is 6.19. The summed E-state index contributed by atoms with van der Waals surface area (Å²) < 4.78 is 0. The monoisotopic (exact) mass is 404 g/mol. The molecular weight excluding hydrogens is 372 g/mol. The first-order valence-corrected chi connectivity index (χ1v) is 11.7. The van der Waals surface area contributed by atoms with Crippen LogP contribution < -0.4 is 10.6 Å². The summed E-state index contributed by atoms with van der Waals surface area (Å²) in [7, 11) is 1.68. The Labute approximate surface area is 172 Å². The second-order valence-corrected chi connectivity index (χ2v) is 9.24.